The molecule has 0 spiro atoms. The Hall–Kier alpha value is -2.10. The van der Waals surface area contributed by atoms with Gasteiger partial charge in [-0.25, -0.2) is 16.2 Å². The van der Waals surface area contributed by atoms with Gasteiger partial charge in [0.25, 0.3) is 0 Å². The number of nitrogens with zero attached hydrogens (tertiary/aromatic N) is 1. The first-order valence-corrected chi connectivity index (χ1v) is 8.21. The molecule has 3 fully saturated rings. The van der Waals surface area contributed by atoms with Gasteiger partial charge in [-0.05, 0) is 26.7 Å². The third-order valence-corrected chi connectivity index (χ3v) is 5.75. The SMILES string of the molecule is [C-]#[N+]C12CC3CC1C(OC2=O)C3OC(=O)COC(=O)C(C)(C)CC. The average molecular weight is 335 g/mol. The third-order valence-electron chi connectivity index (χ3n) is 5.75. The molecule has 0 radical (unpaired) electrons. The van der Waals surface area contributed by atoms with Crippen molar-refractivity contribution in [3.8, 4) is 0 Å². The number of hydrogen-bond donors (Lipinski definition) is 0. The van der Waals surface area contributed by atoms with Crippen LogP contribution in [0.25, 0.3) is 4.85 Å². The van der Waals surface area contributed by atoms with E-state index in [2.05, 4.69) is 4.85 Å². The first-order chi connectivity index (χ1) is 11.2. The maximum atomic E-state index is 12.0. The van der Waals surface area contributed by atoms with E-state index in [4.69, 9.17) is 20.8 Å². The number of fused-ring (bicyclic) bond motifs is 1. The van der Waals surface area contributed by atoms with Gasteiger partial charge < -0.3 is 14.2 Å². The van der Waals surface area contributed by atoms with Gasteiger partial charge in [0.05, 0.1) is 11.3 Å². The largest absolute Gasteiger partial charge is 0.456 e. The van der Waals surface area contributed by atoms with Crippen LogP contribution in [-0.4, -0.2) is 42.3 Å². The van der Waals surface area contributed by atoms with Gasteiger partial charge in [-0.1, -0.05) is 6.92 Å². The molecular formula is C17H21NO6. The molecule has 2 saturated carbocycles. The van der Waals surface area contributed by atoms with Crippen LogP contribution in [0.3, 0.4) is 0 Å². The van der Waals surface area contributed by atoms with Gasteiger partial charge in [-0.15, -0.1) is 0 Å². The molecule has 5 atom stereocenters. The summed E-state index contributed by atoms with van der Waals surface area (Å²) in [5.41, 5.74) is -1.72. The Balaban J connectivity index is 1.57. The Morgan fingerprint density at radius 3 is 2.79 bits per heavy atom. The molecule has 0 aromatic carbocycles. The van der Waals surface area contributed by atoms with Gasteiger partial charge >= 0.3 is 23.4 Å². The van der Waals surface area contributed by atoms with Crippen LogP contribution >= 0.6 is 0 Å². The summed E-state index contributed by atoms with van der Waals surface area (Å²) < 4.78 is 15.7. The molecule has 3 rings (SSSR count). The second kappa shape index (κ2) is 5.47. The fraction of sp³-hybridized carbons (Fsp3) is 0.765. The van der Waals surface area contributed by atoms with Crippen LogP contribution in [0, 0.1) is 23.8 Å². The molecule has 130 valence electrons. The lowest BCUT2D eigenvalue weighted by atomic mass is 9.81. The number of esters is 3. The van der Waals surface area contributed by atoms with Crippen molar-refractivity contribution in [3.63, 3.8) is 0 Å². The maximum Gasteiger partial charge on any atom is 0.394 e. The van der Waals surface area contributed by atoms with E-state index < -0.39 is 47.7 Å². The Bertz CT molecular complexity index is 635. The quantitative estimate of drug-likeness (QED) is 0.430. The van der Waals surface area contributed by atoms with E-state index in [-0.39, 0.29) is 11.8 Å². The van der Waals surface area contributed by atoms with Gasteiger partial charge in [-0.2, -0.15) is 0 Å². The molecule has 7 nitrogen and oxygen atoms in total. The Labute approximate surface area is 140 Å². The van der Waals surface area contributed by atoms with Crippen LogP contribution in [0.4, 0.5) is 0 Å². The lowest BCUT2D eigenvalue weighted by Crippen LogP contribution is -2.43. The van der Waals surface area contributed by atoms with Crippen LogP contribution < -0.4 is 0 Å². The molecule has 1 heterocycles. The van der Waals surface area contributed by atoms with E-state index in [9.17, 15) is 14.4 Å². The van der Waals surface area contributed by atoms with E-state index in [1.807, 2.05) is 6.92 Å². The summed E-state index contributed by atoms with van der Waals surface area (Å²) in [5, 5.41) is 0. The van der Waals surface area contributed by atoms with Crippen LogP contribution in [-0.2, 0) is 28.6 Å². The number of rotatable bonds is 5. The molecule has 24 heavy (non-hydrogen) atoms. The maximum absolute atomic E-state index is 12.0. The number of hydrogen-bond acceptors (Lipinski definition) is 6. The highest BCUT2D eigenvalue weighted by Crippen LogP contribution is 2.59. The minimum atomic E-state index is -1.07. The van der Waals surface area contributed by atoms with Crippen LogP contribution in [0.15, 0.2) is 0 Å². The van der Waals surface area contributed by atoms with E-state index in [1.165, 1.54) is 0 Å². The molecule has 1 saturated heterocycles. The summed E-state index contributed by atoms with van der Waals surface area (Å²) in [6.07, 6.45) is 0.541. The molecule has 3 aliphatic rings. The van der Waals surface area contributed by atoms with E-state index in [0.29, 0.717) is 19.3 Å². The standard InChI is InChI=1S/C17H21NO6/c1-5-16(2,3)14(20)22-8-11(19)23-12-9-6-10-13(12)24-15(21)17(10,7-9)18-4/h9-10,12-13H,5-8H2,1-3H3. The normalized spacial score (nSPS) is 36.2. The highest BCUT2D eigenvalue weighted by molar-refractivity contribution is 5.87. The molecule has 1 aliphatic heterocycles. The van der Waals surface area contributed by atoms with Crippen LogP contribution in [0.1, 0.15) is 40.0 Å². The first kappa shape index (κ1) is 16.7. The van der Waals surface area contributed by atoms with Crippen molar-refractivity contribution < 1.29 is 28.6 Å². The van der Waals surface area contributed by atoms with Gasteiger partial charge in [0, 0.05) is 12.3 Å². The topological polar surface area (TPSA) is 83.3 Å². The van der Waals surface area contributed by atoms with E-state index in [1.54, 1.807) is 13.8 Å². The van der Waals surface area contributed by atoms with Gasteiger partial charge in [0.1, 0.15) is 6.10 Å². The minimum absolute atomic E-state index is 0.0488. The fourth-order valence-electron chi connectivity index (χ4n) is 3.91. The second-order valence-corrected chi connectivity index (χ2v) is 7.48. The van der Waals surface area contributed by atoms with Crippen molar-refractivity contribution in [1.29, 1.82) is 0 Å². The van der Waals surface area contributed by atoms with Crippen molar-refractivity contribution >= 4 is 17.9 Å². The Morgan fingerprint density at radius 2 is 2.17 bits per heavy atom. The Morgan fingerprint density at radius 1 is 1.46 bits per heavy atom. The predicted molar refractivity (Wildman–Crippen MR) is 80.3 cm³/mol. The van der Waals surface area contributed by atoms with Crippen molar-refractivity contribution in [1.82, 2.24) is 0 Å². The molecule has 2 bridgehead atoms. The molecular weight excluding hydrogens is 314 g/mol. The molecule has 0 amide bonds. The van der Waals surface area contributed by atoms with E-state index >= 15 is 0 Å². The summed E-state index contributed by atoms with van der Waals surface area (Å²) in [6, 6.07) is 0. The average Bonchev–Trinajstić information content (AvgIpc) is 3.14. The molecule has 0 N–H and O–H groups in total. The van der Waals surface area contributed by atoms with Crippen LogP contribution in [0.5, 0.6) is 0 Å². The van der Waals surface area contributed by atoms with Crippen molar-refractivity contribution in [2.24, 2.45) is 17.3 Å². The third kappa shape index (κ3) is 2.27. The van der Waals surface area contributed by atoms with Crippen molar-refractivity contribution in [2.45, 2.75) is 57.8 Å². The first-order valence-electron chi connectivity index (χ1n) is 8.21. The number of ether oxygens (including phenoxy) is 3. The zero-order chi connectivity index (χ0) is 17.7. The van der Waals surface area contributed by atoms with Crippen molar-refractivity contribution in [3.05, 3.63) is 11.4 Å². The lowest BCUT2D eigenvalue weighted by molar-refractivity contribution is -0.172. The van der Waals surface area contributed by atoms with Gasteiger partial charge in [0.2, 0.25) is 0 Å². The zero-order valence-electron chi connectivity index (χ0n) is 14.0. The summed E-state index contributed by atoms with van der Waals surface area (Å²) in [7, 11) is 0. The molecule has 0 aromatic rings. The molecule has 2 aliphatic carbocycles. The molecule has 7 heteroatoms. The smallest absolute Gasteiger partial charge is 0.394 e. The highest BCUT2D eigenvalue weighted by atomic mass is 16.6. The van der Waals surface area contributed by atoms with Crippen LogP contribution in [0.2, 0.25) is 0 Å². The Kier molecular flexibility index (Phi) is 3.82. The molecule has 5 unspecified atom stereocenters. The predicted octanol–water partition coefficient (Wildman–Crippen LogP) is 1.50. The minimum Gasteiger partial charge on any atom is -0.456 e. The van der Waals surface area contributed by atoms with Gasteiger partial charge in [-0.3, -0.25) is 9.64 Å². The van der Waals surface area contributed by atoms with Gasteiger partial charge in [0.15, 0.2) is 12.7 Å². The summed E-state index contributed by atoms with van der Waals surface area (Å²) >= 11 is 0. The lowest BCUT2D eigenvalue weighted by Gasteiger charge is -2.26. The fourth-order valence-corrected chi connectivity index (χ4v) is 3.91. The second-order valence-electron chi connectivity index (χ2n) is 7.48. The summed E-state index contributed by atoms with van der Waals surface area (Å²) in [5.74, 6) is -1.85. The monoisotopic (exact) mass is 335 g/mol. The highest BCUT2D eigenvalue weighted by Gasteiger charge is 2.77. The molecule has 0 aromatic heterocycles. The number of carbonyl (C=O) groups excluding carboxylic acids is 3. The zero-order valence-corrected chi connectivity index (χ0v) is 14.0. The summed E-state index contributed by atoms with van der Waals surface area (Å²) in [4.78, 5) is 39.4. The number of carbonyl (C=O) groups is 3. The summed E-state index contributed by atoms with van der Waals surface area (Å²) in [6.45, 7) is 12.2. The van der Waals surface area contributed by atoms with Crippen molar-refractivity contribution in [2.75, 3.05) is 6.61 Å². The van der Waals surface area contributed by atoms with E-state index in [0.717, 1.165) is 0 Å².